The highest BCUT2D eigenvalue weighted by Crippen LogP contribution is 2.29. The minimum Gasteiger partial charge on any atom is -0.343 e. The highest BCUT2D eigenvalue weighted by molar-refractivity contribution is 5.76. The minimum absolute atomic E-state index is 0.299. The molecule has 0 radical (unpaired) electrons. The molecule has 0 aromatic rings. The molecule has 1 rings (SSSR count). The smallest absolute Gasteiger partial charge is 0.222 e. The van der Waals surface area contributed by atoms with Crippen LogP contribution in [0.25, 0.3) is 0 Å². The van der Waals surface area contributed by atoms with E-state index in [4.69, 9.17) is 5.73 Å². The van der Waals surface area contributed by atoms with E-state index < -0.39 is 0 Å². The number of carbonyl (C=O) groups excluding carboxylic acids is 1. The van der Waals surface area contributed by atoms with Crippen LogP contribution in [0.5, 0.6) is 0 Å². The van der Waals surface area contributed by atoms with Crippen LogP contribution in [0.4, 0.5) is 0 Å². The summed E-state index contributed by atoms with van der Waals surface area (Å²) in [5.74, 6) is 0.960. The molecule has 2 N–H and O–H groups in total. The van der Waals surface area contributed by atoms with Crippen LogP contribution in [0.15, 0.2) is 0 Å². The van der Waals surface area contributed by atoms with Crippen molar-refractivity contribution in [1.82, 2.24) is 9.80 Å². The number of amides is 1. The summed E-state index contributed by atoms with van der Waals surface area (Å²) in [5.41, 5.74) is 5.88. The first-order valence-corrected chi connectivity index (χ1v) is 8.39. The first-order chi connectivity index (χ1) is 9.67. The fraction of sp³-hybridized carbons (Fsp3) is 0.938. The van der Waals surface area contributed by atoms with Crippen LogP contribution < -0.4 is 5.73 Å². The van der Waals surface area contributed by atoms with Crippen molar-refractivity contribution < 1.29 is 4.79 Å². The second-order valence-corrected chi connectivity index (χ2v) is 5.79. The molecule has 1 saturated carbocycles. The molecule has 4 heteroatoms. The van der Waals surface area contributed by atoms with Gasteiger partial charge in [-0.1, -0.05) is 13.3 Å². The molecule has 1 aliphatic carbocycles. The average Bonchev–Trinajstić information content (AvgIpc) is 2.93. The largest absolute Gasteiger partial charge is 0.343 e. The first-order valence-electron chi connectivity index (χ1n) is 8.39. The highest BCUT2D eigenvalue weighted by atomic mass is 16.2. The maximum absolute atomic E-state index is 12.0. The van der Waals surface area contributed by atoms with Gasteiger partial charge in [0.25, 0.3) is 0 Å². The Morgan fingerprint density at radius 2 is 1.85 bits per heavy atom. The third kappa shape index (κ3) is 4.74. The SMILES string of the molecule is CCN(CC)C(=O)CCCN(CC)C1CCCC1CN. The van der Waals surface area contributed by atoms with E-state index in [0.717, 1.165) is 39.1 Å². The molecular formula is C16H33N3O. The lowest BCUT2D eigenvalue weighted by molar-refractivity contribution is -0.131. The van der Waals surface area contributed by atoms with Gasteiger partial charge in [-0.25, -0.2) is 0 Å². The first kappa shape index (κ1) is 17.4. The molecule has 0 bridgehead atoms. The molecule has 1 amide bonds. The highest BCUT2D eigenvalue weighted by Gasteiger charge is 2.30. The topological polar surface area (TPSA) is 49.6 Å². The standard InChI is InChI=1S/C16H33N3O/c1-4-18(5-2)16(20)11-8-12-19(6-3)15-10-7-9-14(15)13-17/h14-15H,4-13,17H2,1-3H3. The maximum Gasteiger partial charge on any atom is 0.222 e. The van der Waals surface area contributed by atoms with Crippen LogP contribution in [0, 0.1) is 5.92 Å². The van der Waals surface area contributed by atoms with Gasteiger partial charge in [-0.2, -0.15) is 0 Å². The van der Waals surface area contributed by atoms with Crippen LogP contribution >= 0.6 is 0 Å². The number of hydrogen-bond acceptors (Lipinski definition) is 3. The summed E-state index contributed by atoms with van der Waals surface area (Å²) < 4.78 is 0. The van der Waals surface area contributed by atoms with Gasteiger partial charge in [-0.3, -0.25) is 4.79 Å². The van der Waals surface area contributed by atoms with E-state index in [1.165, 1.54) is 19.3 Å². The third-order valence-electron chi connectivity index (χ3n) is 4.75. The number of carbonyl (C=O) groups is 1. The van der Waals surface area contributed by atoms with Crippen molar-refractivity contribution in [1.29, 1.82) is 0 Å². The molecule has 1 aliphatic rings. The summed E-state index contributed by atoms with van der Waals surface area (Å²) in [4.78, 5) is 16.5. The second kappa shape index (κ2) is 9.35. The van der Waals surface area contributed by atoms with E-state index in [2.05, 4.69) is 11.8 Å². The molecular weight excluding hydrogens is 250 g/mol. The zero-order valence-electron chi connectivity index (χ0n) is 13.6. The Bertz CT molecular complexity index is 279. The average molecular weight is 283 g/mol. The Morgan fingerprint density at radius 1 is 1.15 bits per heavy atom. The van der Waals surface area contributed by atoms with Gasteiger partial charge >= 0.3 is 0 Å². The Labute approximate surface area is 124 Å². The molecule has 2 atom stereocenters. The third-order valence-corrected chi connectivity index (χ3v) is 4.75. The van der Waals surface area contributed by atoms with Crippen molar-refractivity contribution in [3.8, 4) is 0 Å². The van der Waals surface area contributed by atoms with Gasteiger partial charge in [0.2, 0.25) is 5.91 Å². The quantitative estimate of drug-likeness (QED) is 0.705. The van der Waals surface area contributed by atoms with E-state index in [-0.39, 0.29) is 0 Å². The zero-order chi connectivity index (χ0) is 15.0. The Morgan fingerprint density at radius 3 is 2.40 bits per heavy atom. The lowest BCUT2D eigenvalue weighted by Crippen LogP contribution is -2.41. The Balaban J connectivity index is 2.36. The van der Waals surface area contributed by atoms with Crippen molar-refractivity contribution in [2.24, 2.45) is 11.7 Å². The maximum atomic E-state index is 12.0. The molecule has 0 aliphatic heterocycles. The minimum atomic E-state index is 0.299. The molecule has 2 unspecified atom stereocenters. The molecule has 0 aromatic carbocycles. The van der Waals surface area contributed by atoms with E-state index in [0.29, 0.717) is 24.3 Å². The van der Waals surface area contributed by atoms with Crippen molar-refractivity contribution in [3.63, 3.8) is 0 Å². The summed E-state index contributed by atoms with van der Waals surface area (Å²) in [6.07, 6.45) is 5.51. The van der Waals surface area contributed by atoms with Crippen molar-refractivity contribution in [2.75, 3.05) is 32.7 Å². The summed E-state index contributed by atoms with van der Waals surface area (Å²) in [6.45, 7) is 10.9. The van der Waals surface area contributed by atoms with E-state index >= 15 is 0 Å². The zero-order valence-corrected chi connectivity index (χ0v) is 13.6. The monoisotopic (exact) mass is 283 g/mol. The molecule has 0 aromatic heterocycles. The molecule has 0 spiro atoms. The lowest BCUT2D eigenvalue weighted by atomic mass is 10.0. The van der Waals surface area contributed by atoms with Gasteiger partial charge in [0, 0.05) is 25.6 Å². The number of rotatable bonds is 9. The Kier molecular flexibility index (Phi) is 8.15. The number of nitrogens with zero attached hydrogens (tertiary/aromatic N) is 2. The fourth-order valence-corrected chi connectivity index (χ4v) is 3.50. The molecule has 1 fully saturated rings. The van der Waals surface area contributed by atoms with Crippen LogP contribution in [-0.4, -0.2) is 54.5 Å². The summed E-state index contributed by atoms with van der Waals surface area (Å²) in [6, 6.07) is 0.647. The van der Waals surface area contributed by atoms with Gasteiger partial charge < -0.3 is 15.5 Å². The van der Waals surface area contributed by atoms with E-state index in [9.17, 15) is 4.79 Å². The summed E-state index contributed by atoms with van der Waals surface area (Å²) in [5, 5.41) is 0. The van der Waals surface area contributed by atoms with Crippen molar-refractivity contribution >= 4 is 5.91 Å². The van der Waals surface area contributed by atoms with Crippen LogP contribution in [0.1, 0.15) is 52.9 Å². The van der Waals surface area contributed by atoms with Crippen molar-refractivity contribution in [2.45, 2.75) is 58.9 Å². The van der Waals surface area contributed by atoms with Crippen LogP contribution in [-0.2, 0) is 4.79 Å². The normalized spacial score (nSPS) is 22.4. The predicted octanol–water partition coefficient (Wildman–Crippen LogP) is 2.08. The predicted molar refractivity (Wildman–Crippen MR) is 84.6 cm³/mol. The molecule has 4 nitrogen and oxygen atoms in total. The number of nitrogens with two attached hydrogens (primary N) is 1. The molecule has 0 saturated heterocycles. The van der Waals surface area contributed by atoms with Crippen LogP contribution in [0.2, 0.25) is 0 Å². The molecule has 0 heterocycles. The van der Waals surface area contributed by atoms with Crippen LogP contribution in [0.3, 0.4) is 0 Å². The second-order valence-electron chi connectivity index (χ2n) is 5.79. The summed E-state index contributed by atoms with van der Waals surface area (Å²) in [7, 11) is 0. The summed E-state index contributed by atoms with van der Waals surface area (Å²) >= 11 is 0. The van der Waals surface area contributed by atoms with Crippen molar-refractivity contribution in [3.05, 3.63) is 0 Å². The van der Waals surface area contributed by atoms with Gasteiger partial charge in [0.05, 0.1) is 0 Å². The van der Waals surface area contributed by atoms with Gasteiger partial charge in [0.15, 0.2) is 0 Å². The van der Waals surface area contributed by atoms with E-state index in [1.807, 2.05) is 18.7 Å². The Hall–Kier alpha value is -0.610. The molecule has 118 valence electrons. The lowest BCUT2D eigenvalue weighted by Gasteiger charge is -2.32. The van der Waals surface area contributed by atoms with Gasteiger partial charge in [-0.05, 0) is 58.7 Å². The van der Waals surface area contributed by atoms with E-state index in [1.54, 1.807) is 0 Å². The number of hydrogen-bond donors (Lipinski definition) is 1. The molecule has 20 heavy (non-hydrogen) atoms. The fourth-order valence-electron chi connectivity index (χ4n) is 3.50. The van der Waals surface area contributed by atoms with Gasteiger partial charge in [-0.15, -0.1) is 0 Å². The van der Waals surface area contributed by atoms with Gasteiger partial charge in [0.1, 0.15) is 0 Å².